The summed E-state index contributed by atoms with van der Waals surface area (Å²) in [6, 6.07) is 0. The number of ketones is 2. The van der Waals surface area contributed by atoms with Crippen LogP contribution in [-0.4, -0.2) is 26.8 Å². The lowest BCUT2D eigenvalue weighted by Gasteiger charge is -2.42. The van der Waals surface area contributed by atoms with Gasteiger partial charge in [0.25, 0.3) is 5.56 Å². The number of allylic oxidation sites excluding steroid dienone is 3. The summed E-state index contributed by atoms with van der Waals surface area (Å²) in [6.07, 6.45) is 11.3. The number of aliphatic hydroxyl groups is 1. The number of Topliss-reactive ketones (excluding diaryl/α,β-unsaturated/α-hetero) is 1. The molecule has 0 bridgehead atoms. The third-order valence-electron chi connectivity index (χ3n) is 7.29. The number of pyridine rings is 1. The summed E-state index contributed by atoms with van der Waals surface area (Å²) in [7, 11) is 0. The van der Waals surface area contributed by atoms with Gasteiger partial charge in [0, 0.05) is 24.1 Å². The standard InChI is InChI=1S/C24H29NO5/c1-13-3-6-17-15(11-13)5-4-14(2)19(17)22(28)20-21(27)18(12-25-23(20)29)24(30)9-7-16(26)8-10-24/h4-5,7,9,12-15,17,19,30H,3,6,8,10-11H2,1-2H3,(H2,25,27,29)/t13-,14-,15-,17-,19-,24+/m1/s1. The van der Waals surface area contributed by atoms with Gasteiger partial charge in [0.15, 0.2) is 11.6 Å². The molecule has 6 atom stereocenters. The SMILES string of the molecule is C[C@@H]1CC[C@H]2[C@H](C(=O)c3c(O)c([C@]4(O)C=CC(=O)CC4)c[nH]c3=O)[C@H](C)C=C[C@@H]2C1. The Bertz CT molecular complexity index is 990. The van der Waals surface area contributed by atoms with E-state index < -0.39 is 16.9 Å². The molecule has 0 spiro atoms. The summed E-state index contributed by atoms with van der Waals surface area (Å²) in [6.45, 7) is 4.20. The summed E-state index contributed by atoms with van der Waals surface area (Å²) in [5.74, 6) is -0.316. The van der Waals surface area contributed by atoms with Gasteiger partial charge in [0.05, 0.1) is 0 Å². The molecule has 1 aromatic rings. The zero-order chi connectivity index (χ0) is 21.6. The van der Waals surface area contributed by atoms with E-state index in [2.05, 4.69) is 24.1 Å². The van der Waals surface area contributed by atoms with E-state index in [9.17, 15) is 24.6 Å². The molecule has 0 aliphatic heterocycles. The summed E-state index contributed by atoms with van der Waals surface area (Å²) >= 11 is 0. The van der Waals surface area contributed by atoms with E-state index in [1.54, 1.807) is 0 Å². The molecule has 1 heterocycles. The predicted octanol–water partition coefficient (Wildman–Crippen LogP) is 3.24. The largest absolute Gasteiger partial charge is 0.507 e. The third-order valence-corrected chi connectivity index (χ3v) is 7.29. The minimum absolute atomic E-state index is 0.0371. The predicted molar refractivity (Wildman–Crippen MR) is 112 cm³/mol. The molecule has 1 fully saturated rings. The molecule has 6 heteroatoms. The lowest BCUT2D eigenvalue weighted by Crippen LogP contribution is -2.41. The number of aromatic nitrogens is 1. The number of hydrogen-bond acceptors (Lipinski definition) is 5. The van der Waals surface area contributed by atoms with Crippen molar-refractivity contribution in [1.82, 2.24) is 4.98 Å². The van der Waals surface area contributed by atoms with Crippen LogP contribution in [-0.2, 0) is 10.4 Å². The van der Waals surface area contributed by atoms with E-state index in [0.29, 0.717) is 11.8 Å². The second-order valence-electron chi connectivity index (χ2n) is 9.36. The molecule has 0 aromatic carbocycles. The molecule has 4 rings (SSSR count). The van der Waals surface area contributed by atoms with Crippen molar-refractivity contribution in [3.05, 3.63) is 52.0 Å². The highest BCUT2D eigenvalue weighted by Gasteiger charge is 2.44. The van der Waals surface area contributed by atoms with E-state index in [0.717, 1.165) is 19.3 Å². The van der Waals surface area contributed by atoms with Crippen LogP contribution in [0.1, 0.15) is 61.9 Å². The first kappa shape index (κ1) is 20.8. The number of carbonyl (C=O) groups is 2. The first-order chi connectivity index (χ1) is 14.2. The van der Waals surface area contributed by atoms with E-state index in [1.165, 1.54) is 18.3 Å². The number of nitrogens with one attached hydrogen (secondary N) is 1. The second kappa shape index (κ2) is 7.65. The number of hydrogen-bond donors (Lipinski definition) is 3. The number of aromatic amines is 1. The molecule has 0 saturated heterocycles. The fourth-order valence-electron chi connectivity index (χ4n) is 5.56. The first-order valence-corrected chi connectivity index (χ1v) is 10.8. The van der Waals surface area contributed by atoms with Crippen molar-refractivity contribution in [1.29, 1.82) is 0 Å². The molecule has 30 heavy (non-hydrogen) atoms. The molecule has 3 N–H and O–H groups in total. The lowest BCUT2D eigenvalue weighted by molar-refractivity contribution is -0.116. The van der Waals surface area contributed by atoms with Crippen molar-refractivity contribution >= 4 is 11.6 Å². The molecule has 0 unspecified atom stereocenters. The van der Waals surface area contributed by atoms with Crippen LogP contribution in [0, 0.1) is 29.6 Å². The lowest BCUT2D eigenvalue weighted by atomic mass is 9.61. The Balaban J connectivity index is 1.74. The summed E-state index contributed by atoms with van der Waals surface area (Å²) < 4.78 is 0. The van der Waals surface area contributed by atoms with Gasteiger partial charge in [-0.1, -0.05) is 32.4 Å². The van der Waals surface area contributed by atoms with E-state index in [1.807, 2.05) is 6.92 Å². The van der Waals surface area contributed by atoms with Crippen LogP contribution in [0.2, 0.25) is 0 Å². The molecule has 160 valence electrons. The van der Waals surface area contributed by atoms with Gasteiger partial charge in [-0.05, 0) is 55.1 Å². The maximum atomic E-state index is 13.6. The minimum atomic E-state index is -1.60. The number of carbonyl (C=O) groups excluding carboxylic acids is 2. The van der Waals surface area contributed by atoms with Crippen LogP contribution in [0.25, 0.3) is 0 Å². The van der Waals surface area contributed by atoms with Gasteiger partial charge in [-0.3, -0.25) is 14.4 Å². The van der Waals surface area contributed by atoms with Crippen molar-refractivity contribution < 1.29 is 19.8 Å². The van der Waals surface area contributed by atoms with E-state index in [4.69, 9.17) is 0 Å². The fraction of sp³-hybridized carbons (Fsp3) is 0.542. The van der Waals surface area contributed by atoms with Crippen LogP contribution < -0.4 is 5.56 Å². The number of fused-ring (bicyclic) bond motifs is 1. The van der Waals surface area contributed by atoms with Gasteiger partial charge >= 0.3 is 0 Å². The van der Waals surface area contributed by atoms with Crippen LogP contribution in [0.5, 0.6) is 5.75 Å². The van der Waals surface area contributed by atoms with Crippen molar-refractivity contribution in [2.45, 2.75) is 51.6 Å². The zero-order valence-electron chi connectivity index (χ0n) is 17.4. The summed E-state index contributed by atoms with van der Waals surface area (Å²) in [5, 5.41) is 21.9. The highest BCUT2D eigenvalue weighted by Crippen LogP contribution is 2.46. The molecule has 1 saturated carbocycles. The summed E-state index contributed by atoms with van der Waals surface area (Å²) in [4.78, 5) is 40.3. The van der Waals surface area contributed by atoms with Gasteiger partial charge in [-0.15, -0.1) is 0 Å². The van der Waals surface area contributed by atoms with Gasteiger partial charge in [-0.2, -0.15) is 0 Å². The molecule has 3 aliphatic rings. The Labute approximate surface area is 175 Å². The Kier molecular flexibility index (Phi) is 5.30. The number of rotatable bonds is 3. The molecule has 0 radical (unpaired) electrons. The average Bonchev–Trinajstić information content (AvgIpc) is 2.70. The number of H-pyrrole nitrogens is 1. The molecular formula is C24H29NO5. The maximum absolute atomic E-state index is 13.6. The molecule has 1 aromatic heterocycles. The van der Waals surface area contributed by atoms with Gasteiger partial charge < -0.3 is 15.2 Å². The average molecular weight is 411 g/mol. The Morgan fingerprint density at radius 2 is 1.97 bits per heavy atom. The Hall–Kier alpha value is -2.47. The molecular weight excluding hydrogens is 382 g/mol. The molecule has 6 nitrogen and oxygen atoms in total. The van der Waals surface area contributed by atoms with Crippen molar-refractivity contribution in [3.8, 4) is 5.75 Å². The normalized spacial score (nSPS) is 35.8. The fourth-order valence-corrected chi connectivity index (χ4v) is 5.56. The van der Waals surface area contributed by atoms with Crippen molar-refractivity contribution in [3.63, 3.8) is 0 Å². The van der Waals surface area contributed by atoms with Crippen molar-refractivity contribution in [2.75, 3.05) is 0 Å². The highest BCUT2D eigenvalue weighted by molar-refractivity contribution is 6.01. The maximum Gasteiger partial charge on any atom is 0.262 e. The van der Waals surface area contributed by atoms with Crippen LogP contribution in [0.15, 0.2) is 35.3 Å². The minimum Gasteiger partial charge on any atom is -0.507 e. The molecule has 3 aliphatic carbocycles. The topological polar surface area (TPSA) is 107 Å². The third kappa shape index (κ3) is 3.47. The monoisotopic (exact) mass is 411 g/mol. The van der Waals surface area contributed by atoms with E-state index in [-0.39, 0.29) is 53.3 Å². The Morgan fingerprint density at radius 3 is 2.67 bits per heavy atom. The highest BCUT2D eigenvalue weighted by atomic mass is 16.3. The van der Waals surface area contributed by atoms with Crippen molar-refractivity contribution in [2.24, 2.45) is 29.6 Å². The first-order valence-electron chi connectivity index (χ1n) is 10.8. The second-order valence-corrected chi connectivity index (χ2v) is 9.36. The van der Waals surface area contributed by atoms with Crippen LogP contribution in [0.3, 0.4) is 0 Å². The number of aromatic hydroxyl groups is 1. The zero-order valence-corrected chi connectivity index (χ0v) is 17.4. The van der Waals surface area contributed by atoms with Gasteiger partial charge in [0.1, 0.15) is 16.9 Å². The van der Waals surface area contributed by atoms with Gasteiger partial charge in [-0.25, -0.2) is 0 Å². The Morgan fingerprint density at radius 1 is 1.20 bits per heavy atom. The van der Waals surface area contributed by atoms with Gasteiger partial charge in [0.2, 0.25) is 0 Å². The summed E-state index contributed by atoms with van der Waals surface area (Å²) in [5.41, 5.74) is -2.47. The molecule has 0 amide bonds. The quantitative estimate of drug-likeness (QED) is 0.523. The van der Waals surface area contributed by atoms with E-state index >= 15 is 0 Å². The smallest absolute Gasteiger partial charge is 0.262 e. The van der Waals surface area contributed by atoms with Crippen LogP contribution >= 0.6 is 0 Å². The van der Waals surface area contributed by atoms with Crippen LogP contribution in [0.4, 0.5) is 0 Å².